The van der Waals surface area contributed by atoms with Gasteiger partial charge in [0.25, 0.3) is 5.91 Å². The summed E-state index contributed by atoms with van der Waals surface area (Å²) in [5.41, 5.74) is -1.57. The van der Waals surface area contributed by atoms with E-state index in [4.69, 9.17) is 0 Å². The van der Waals surface area contributed by atoms with Crippen molar-refractivity contribution in [3.63, 3.8) is 0 Å². The molecule has 108 valence electrons. The lowest BCUT2D eigenvalue weighted by Crippen LogP contribution is -2.14. The number of nitrogens with zero attached hydrogens (tertiary/aromatic N) is 1. The van der Waals surface area contributed by atoms with Crippen molar-refractivity contribution in [1.29, 1.82) is 0 Å². The van der Waals surface area contributed by atoms with Crippen LogP contribution in [0.15, 0.2) is 36.4 Å². The Morgan fingerprint density at radius 3 is 2.52 bits per heavy atom. The summed E-state index contributed by atoms with van der Waals surface area (Å²) in [6, 6.07) is 6.23. The number of nitro groups is 1. The molecule has 2 N–H and O–H groups in total. The second kappa shape index (κ2) is 5.53. The van der Waals surface area contributed by atoms with Crippen LogP contribution in [0, 0.1) is 21.7 Å². The van der Waals surface area contributed by atoms with E-state index in [1.807, 2.05) is 0 Å². The van der Waals surface area contributed by atoms with Gasteiger partial charge in [-0.25, -0.2) is 4.39 Å². The lowest BCUT2D eigenvalue weighted by atomic mass is 10.1. The summed E-state index contributed by atoms with van der Waals surface area (Å²) in [6.07, 6.45) is 0. The number of phenols is 1. The number of rotatable bonds is 3. The quantitative estimate of drug-likeness (QED) is 0.672. The molecule has 0 saturated heterocycles. The Labute approximate surface area is 116 Å². The molecule has 6 nitrogen and oxygen atoms in total. The highest BCUT2D eigenvalue weighted by Gasteiger charge is 2.22. The molecule has 21 heavy (non-hydrogen) atoms. The molecule has 0 spiro atoms. The molecular weight excluding hydrogens is 286 g/mol. The van der Waals surface area contributed by atoms with Gasteiger partial charge >= 0.3 is 5.69 Å². The van der Waals surface area contributed by atoms with E-state index in [1.54, 1.807) is 0 Å². The van der Waals surface area contributed by atoms with E-state index in [-0.39, 0.29) is 11.4 Å². The zero-order chi connectivity index (χ0) is 15.6. The number of carbonyl (C=O) groups is 1. The van der Waals surface area contributed by atoms with Crippen molar-refractivity contribution >= 4 is 17.3 Å². The van der Waals surface area contributed by atoms with Crippen LogP contribution in [-0.4, -0.2) is 15.9 Å². The molecule has 0 aliphatic rings. The zero-order valence-corrected chi connectivity index (χ0v) is 10.3. The van der Waals surface area contributed by atoms with Gasteiger partial charge in [0.1, 0.15) is 11.6 Å². The Kier molecular flexibility index (Phi) is 3.79. The molecular formula is C13H8F2N2O4. The fourth-order valence-electron chi connectivity index (χ4n) is 1.63. The molecule has 0 bridgehead atoms. The number of benzene rings is 2. The maximum Gasteiger partial charge on any atom is 0.307 e. The van der Waals surface area contributed by atoms with E-state index in [2.05, 4.69) is 5.32 Å². The minimum Gasteiger partial charge on any atom is -0.508 e. The summed E-state index contributed by atoms with van der Waals surface area (Å²) in [4.78, 5) is 21.2. The Morgan fingerprint density at radius 2 is 1.90 bits per heavy atom. The molecule has 0 radical (unpaired) electrons. The van der Waals surface area contributed by atoms with Crippen molar-refractivity contribution in [3.8, 4) is 5.75 Å². The highest BCUT2D eigenvalue weighted by Crippen LogP contribution is 2.23. The largest absolute Gasteiger partial charge is 0.508 e. The molecule has 2 rings (SSSR count). The molecule has 0 unspecified atom stereocenters. The zero-order valence-electron chi connectivity index (χ0n) is 10.3. The SMILES string of the molecule is O=C(Nc1cccc(O)c1)c1cc(F)c([N+](=O)[O-])cc1F. The van der Waals surface area contributed by atoms with Gasteiger partial charge in [-0.1, -0.05) is 6.07 Å². The summed E-state index contributed by atoms with van der Waals surface area (Å²) < 4.78 is 27.1. The fraction of sp³-hybridized carbons (Fsp3) is 0. The van der Waals surface area contributed by atoms with E-state index in [9.17, 15) is 28.8 Å². The molecule has 0 aliphatic carbocycles. The number of carbonyl (C=O) groups excluding carboxylic acids is 1. The van der Waals surface area contributed by atoms with Crippen molar-refractivity contribution in [3.05, 3.63) is 63.7 Å². The Bertz CT molecular complexity index is 734. The van der Waals surface area contributed by atoms with E-state index >= 15 is 0 Å². The Balaban J connectivity index is 2.31. The minimum absolute atomic E-state index is 0.122. The number of hydrogen-bond acceptors (Lipinski definition) is 4. The van der Waals surface area contributed by atoms with Crippen molar-refractivity contribution in [2.45, 2.75) is 0 Å². The van der Waals surface area contributed by atoms with Gasteiger partial charge < -0.3 is 10.4 Å². The summed E-state index contributed by atoms with van der Waals surface area (Å²) in [7, 11) is 0. The topological polar surface area (TPSA) is 92.5 Å². The van der Waals surface area contributed by atoms with Gasteiger partial charge in [0, 0.05) is 11.8 Å². The van der Waals surface area contributed by atoms with Gasteiger partial charge in [0.05, 0.1) is 16.6 Å². The van der Waals surface area contributed by atoms with Crippen molar-refractivity contribution in [2.24, 2.45) is 0 Å². The minimum atomic E-state index is -1.32. The molecule has 0 atom stereocenters. The smallest absolute Gasteiger partial charge is 0.307 e. The van der Waals surface area contributed by atoms with E-state index < -0.39 is 33.7 Å². The summed E-state index contributed by atoms with van der Waals surface area (Å²) in [5, 5.41) is 21.9. The normalized spacial score (nSPS) is 10.2. The van der Waals surface area contributed by atoms with Crippen LogP contribution >= 0.6 is 0 Å². The number of phenolic OH excluding ortho intramolecular Hbond substituents is 1. The first kappa shape index (κ1) is 14.4. The third-order valence-electron chi connectivity index (χ3n) is 2.58. The van der Waals surface area contributed by atoms with Crippen LogP contribution in [0.5, 0.6) is 5.75 Å². The second-order valence-corrected chi connectivity index (χ2v) is 4.05. The molecule has 0 aromatic heterocycles. The molecule has 2 aromatic rings. The number of hydrogen-bond donors (Lipinski definition) is 2. The van der Waals surface area contributed by atoms with Crippen LogP contribution in [-0.2, 0) is 0 Å². The van der Waals surface area contributed by atoms with Crippen LogP contribution in [0.1, 0.15) is 10.4 Å². The third-order valence-corrected chi connectivity index (χ3v) is 2.58. The number of nitro benzene ring substituents is 1. The lowest BCUT2D eigenvalue weighted by molar-refractivity contribution is -0.387. The fourth-order valence-corrected chi connectivity index (χ4v) is 1.63. The number of aromatic hydroxyl groups is 1. The predicted octanol–water partition coefficient (Wildman–Crippen LogP) is 2.83. The number of nitrogens with one attached hydrogen (secondary N) is 1. The van der Waals surface area contributed by atoms with E-state index in [1.165, 1.54) is 24.3 Å². The van der Waals surface area contributed by atoms with Gasteiger partial charge in [-0.15, -0.1) is 0 Å². The first-order chi connectivity index (χ1) is 9.88. The molecule has 0 fully saturated rings. The van der Waals surface area contributed by atoms with Crippen molar-refractivity contribution < 1.29 is 23.6 Å². The maximum atomic E-state index is 13.6. The average Bonchev–Trinajstić information content (AvgIpc) is 2.40. The van der Waals surface area contributed by atoms with Crippen LogP contribution in [0.2, 0.25) is 0 Å². The highest BCUT2D eigenvalue weighted by atomic mass is 19.1. The third kappa shape index (κ3) is 3.11. The Morgan fingerprint density at radius 1 is 1.19 bits per heavy atom. The first-order valence-electron chi connectivity index (χ1n) is 5.62. The summed E-state index contributed by atoms with van der Waals surface area (Å²) >= 11 is 0. The van der Waals surface area contributed by atoms with E-state index in [0.29, 0.717) is 12.1 Å². The lowest BCUT2D eigenvalue weighted by Gasteiger charge is -2.07. The van der Waals surface area contributed by atoms with Crippen molar-refractivity contribution in [1.82, 2.24) is 0 Å². The number of anilines is 1. The van der Waals surface area contributed by atoms with Crippen LogP contribution in [0.4, 0.5) is 20.2 Å². The van der Waals surface area contributed by atoms with Gasteiger partial charge in [0.15, 0.2) is 0 Å². The standard InChI is InChI=1S/C13H8F2N2O4/c14-10-6-12(17(20)21)11(15)5-9(10)13(19)16-7-2-1-3-8(18)4-7/h1-6,18H,(H,16,19). The molecule has 1 amide bonds. The predicted molar refractivity (Wildman–Crippen MR) is 69.1 cm³/mol. The molecule has 2 aromatic carbocycles. The van der Waals surface area contributed by atoms with Crippen molar-refractivity contribution in [2.75, 3.05) is 5.32 Å². The second-order valence-electron chi connectivity index (χ2n) is 4.05. The molecule has 0 heterocycles. The van der Waals surface area contributed by atoms with E-state index in [0.717, 1.165) is 0 Å². The summed E-state index contributed by atoms with van der Waals surface area (Å²) in [5.74, 6) is -3.65. The van der Waals surface area contributed by atoms with Gasteiger partial charge in [-0.05, 0) is 18.2 Å². The van der Waals surface area contributed by atoms with Gasteiger partial charge in [0.2, 0.25) is 5.82 Å². The highest BCUT2D eigenvalue weighted by molar-refractivity contribution is 6.04. The average molecular weight is 294 g/mol. The Hall–Kier alpha value is -3.03. The molecule has 0 saturated carbocycles. The van der Waals surface area contributed by atoms with Crippen LogP contribution in [0.3, 0.4) is 0 Å². The molecule has 8 heteroatoms. The van der Waals surface area contributed by atoms with Gasteiger partial charge in [-0.3, -0.25) is 14.9 Å². The summed E-state index contributed by atoms with van der Waals surface area (Å²) in [6.45, 7) is 0. The number of halogens is 2. The van der Waals surface area contributed by atoms with Crippen LogP contribution < -0.4 is 5.32 Å². The first-order valence-corrected chi connectivity index (χ1v) is 5.62. The maximum absolute atomic E-state index is 13.6. The monoisotopic (exact) mass is 294 g/mol. The van der Waals surface area contributed by atoms with Gasteiger partial charge in [-0.2, -0.15) is 4.39 Å². The number of amides is 1. The molecule has 0 aliphatic heterocycles. The van der Waals surface area contributed by atoms with Crippen LogP contribution in [0.25, 0.3) is 0 Å².